The number of aromatic nitrogens is 3. The van der Waals surface area contributed by atoms with Gasteiger partial charge in [0, 0.05) is 19.5 Å². The zero-order chi connectivity index (χ0) is 20.0. The summed E-state index contributed by atoms with van der Waals surface area (Å²) in [6.45, 7) is 3.68. The second-order valence-corrected chi connectivity index (χ2v) is 6.46. The van der Waals surface area contributed by atoms with Crippen molar-refractivity contribution in [3.63, 3.8) is 0 Å². The van der Waals surface area contributed by atoms with E-state index in [4.69, 9.17) is 4.42 Å². The predicted molar refractivity (Wildman–Crippen MR) is 100.0 cm³/mol. The summed E-state index contributed by atoms with van der Waals surface area (Å²) in [4.78, 5) is 16.8. The number of rotatable bonds is 3. The molecule has 6 nitrogen and oxygen atoms in total. The van der Waals surface area contributed by atoms with Crippen LogP contribution < -0.4 is 5.32 Å². The highest BCUT2D eigenvalue weighted by molar-refractivity contribution is 6.03. The minimum atomic E-state index is -0.855. The maximum Gasteiger partial charge on any atom is 0.276 e. The van der Waals surface area contributed by atoms with Crippen molar-refractivity contribution < 1.29 is 18.0 Å². The summed E-state index contributed by atoms with van der Waals surface area (Å²) < 4.78 is 34.7. The number of carbonyl (C=O) groups excluding carboxylic acids is 1. The van der Waals surface area contributed by atoms with Crippen molar-refractivity contribution >= 4 is 22.7 Å². The first-order valence-corrected chi connectivity index (χ1v) is 8.51. The molecule has 0 unspecified atom stereocenters. The number of oxazole rings is 1. The molecule has 8 heteroatoms. The maximum atomic E-state index is 13.8. The Hall–Kier alpha value is -3.55. The summed E-state index contributed by atoms with van der Waals surface area (Å²) in [6, 6.07) is 8.65. The van der Waals surface area contributed by atoms with Gasteiger partial charge in [0.2, 0.25) is 0 Å². The highest BCUT2D eigenvalue weighted by Gasteiger charge is 2.19. The third-order valence-corrected chi connectivity index (χ3v) is 4.43. The van der Waals surface area contributed by atoms with Gasteiger partial charge in [-0.2, -0.15) is 5.10 Å². The molecule has 28 heavy (non-hydrogen) atoms. The Bertz CT molecular complexity index is 1210. The van der Waals surface area contributed by atoms with E-state index in [1.54, 1.807) is 20.0 Å². The standard InChI is InChI=1S/C20H16F2N4O2/c1-10-7-15-18(28-11(2)23-15)8-12(10)17-9-16(25-26(17)3)20(27)24-19-13(21)5-4-6-14(19)22/h4-9H,1-3H3,(H,24,27). The van der Waals surface area contributed by atoms with E-state index in [1.165, 1.54) is 10.7 Å². The van der Waals surface area contributed by atoms with Gasteiger partial charge in [0.25, 0.3) is 5.91 Å². The number of nitrogens with zero attached hydrogens (tertiary/aromatic N) is 3. The van der Waals surface area contributed by atoms with Gasteiger partial charge in [0.1, 0.15) is 22.8 Å². The largest absolute Gasteiger partial charge is 0.441 e. The van der Waals surface area contributed by atoms with Crippen molar-refractivity contribution in [1.82, 2.24) is 14.8 Å². The molecule has 2 aromatic heterocycles. The zero-order valence-corrected chi connectivity index (χ0v) is 15.4. The molecule has 0 fully saturated rings. The second kappa shape index (κ2) is 6.56. The van der Waals surface area contributed by atoms with E-state index in [-0.39, 0.29) is 5.69 Å². The number of fused-ring (bicyclic) bond motifs is 1. The molecule has 0 aliphatic carbocycles. The maximum absolute atomic E-state index is 13.8. The van der Waals surface area contributed by atoms with E-state index in [9.17, 15) is 13.6 Å². The number of aryl methyl sites for hydroxylation is 3. The van der Waals surface area contributed by atoms with Gasteiger partial charge in [0.15, 0.2) is 17.2 Å². The van der Waals surface area contributed by atoms with Crippen molar-refractivity contribution in [3.8, 4) is 11.3 Å². The van der Waals surface area contributed by atoms with Gasteiger partial charge < -0.3 is 9.73 Å². The Labute approximate surface area is 158 Å². The van der Waals surface area contributed by atoms with Crippen LogP contribution in [0.25, 0.3) is 22.4 Å². The molecule has 142 valence electrons. The minimum Gasteiger partial charge on any atom is -0.441 e. The number of hydrogen-bond acceptors (Lipinski definition) is 4. The molecular weight excluding hydrogens is 366 g/mol. The van der Waals surface area contributed by atoms with Gasteiger partial charge in [0.05, 0.1) is 5.69 Å². The number of carbonyl (C=O) groups is 1. The van der Waals surface area contributed by atoms with E-state index in [2.05, 4.69) is 15.4 Å². The lowest BCUT2D eigenvalue weighted by Crippen LogP contribution is -2.15. The van der Waals surface area contributed by atoms with Crippen LogP contribution in [-0.4, -0.2) is 20.7 Å². The Kier molecular flexibility index (Phi) is 4.18. The van der Waals surface area contributed by atoms with Crippen LogP contribution >= 0.6 is 0 Å². The lowest BCUT2D eigenvalue weighted by molar-refractivity contribution is 0.102. The van der Waals surface area contributed by atoms with Crippen molar-refractivity contribution in [2.24, 2.45) is 7.05 Å². The van der Waals surface area contributed by atoms with Gasteiger partial charge in [-0.25, -0.2) is 13.8 Å². The number of hydrogen-bond donors (Lipinski definition) is 1. The van der Waals surface area contributed by atoms with Gasteiger partial charge in [-0.3, -0.25) is 9.48 Å². The molecule has 2 heterocycles. The fourth-order valence-electron chi connectivity index (χ4n) is 3.09. The van der Waals surface area contributed by atoms with Crippen molar-refractivity contribution in [2.75, 3.05) is 5.32 Å². The lowest BCUT2D eigenvalue weighted by atomic mass is 10.0. The van der Waals surface area contributed by atoms with E-state index in [1.807, 2.05) is 19.1 Å². The number of halogens is 2. The van der Waals surface area contributed by atoms with Crippen LogP contribution in [0.3, 0.4) is 0 Å². The van der Waals surface area contributed by atoms with E-state index < -0.39 is 23.2 Å². The number of amides is 1. The SMILES string of the molecule is Cc1nc2cc(C)c(-c3cc(C(=O)Nc4c(F)cccc4F)nn3C)cc2o1. The Morgan fingerprint density at radius 3 is 2.57 bits per heavy atom. The van der Waals surface area contributed by atoms with Crippen molar-refractivity contribution in [3.05, 3.63) is 65.2 Å². The molecule has 0 spiro atoms. The van der Waals surface area contributed by atoms with Crippen LogP contribution in [0.1, 0.15) is 21.9 Å². The summed E-state index contributed by atoms with van der Waals surface area (Å²) in [7, 11) is 1.69. The summed E-state index contributed by atoms with van der Waals surface area (Å²) in [6.07, 6.45) is 0. The van der Waals surface area contributed by atoms with Crippen LogP contribution in [0, 0.1) is 25.5 Å². The molecule has 1 amide bonds. The van der Waals surface area contributed by atoms with Crippen LogP contribution in [-0.2, 0) is 7.05 Å². The summed E-state index contributed by atoms with van der Waals surface area (Å²) in [5.74, 6) is -1.86. The minimum absolute atomic E-state index is 0.0356. The monoisotopic (exact) mass is 382 g/mol. The van der Waals surface area contributed by atoms with Crippen LogP contribution in [0.4, 0.5) is 14.5 Å². The third kappa shape index (κ3) is 3.02. The Morgan fingerprint density at radius 2 is 1.86 bits per heavy atom. The molecule has 0 aliphatic rings. The van der Waals surface area contributed by atoms with Crippen LogP contribution in [0.15, 0.2) is 40.8 Å². The molecule has 0 atom stereocenters. The zero-order valence-electron chi connectivity index (χ0n) is 15.4. The van der Waals surface area contributed by atoms with E-state index >= 15 is 0 Å². The summed E-state index contributed by atoms with van der Waals surface area (Å²) >= 11 is 0. The lowest BCUT2D eigenvalue weighted by Gasteiger charge is -2.05. The normalized spacial score (nSPS) is 11.2. The topological polar surface area (TPSA) is 73.0 Å². The number of anilines is 1. The summed E-state index contributed by atoms with van der Waals surface area (Å²) in [5, 5.41) is 6.42. The molecule has 0 saturated heterocycles. The van der Waals surface area contributed by atoms with E-state index in [0.717, 1.165) is 28.8 Å². The Morgan fingerprint density at radius 1 is 1.14 bits per heavy atom. The molecular formula is C20H16F2N4O2. The molecule has 2 aromatic carbocycles. The average Bonchev–Trinajstić information content (AvgIpc) is 3.19. The Balaban J connectivity index is 1.71. The second-order valence-electron chi connectivity index (χ2n) is 6.46. The van der Waals surface area contributed by atoms with Crippen molar-refractivity contribution in [2.45, 2.75) is 13.8 Å². The van der Waals surface area contributed by atoms with Crippen LogP contribution in [0.5, 0.6) is 0 Å². The average molecular weight is 382 g/mol. The van der Waals surface area contributed by atoms with E-state index in [0.29, 0.717) is 17.2 Å². The molecule has 4 aromatic rings. The van der Waals surface area contributed by atoms with Crippen LogP contribution in [0.2, 0.25) is 0 Å². The first kappa shape index (κ1) is 17.8. The smallest absolute Gasteiger partial charge is 0.276 e. The molecule has 0 radical (unpaired) electrons. The highest BCUT2D eigenvalue weighted by atomic mass is 19.1. The molecule has 0 bridgehead atoms. The fourth-order valence-corrected chi connectivity index (χ4v) is 3.09. The fraction of sp³-hybridized carbons (Fsp3) is 0.150. The first-order valence-electron chi connectivity index (χ1n) is 8.51. The quantitative estimate of drug-likeness (QED) is 0.571. The molecule has 0 aliphatic heterocycles. The van der Waals surface area contributed by atoms with Gasteiger partial charge in [-0.15, -0.1) is 0 Å². The number of para-hydroxylation sites is 1. The highest BCUT2D eigenvalue weighted by Crippen LogP contribution is 2.29. The molecule has 0 saturated carbocycles. The number of nitrogens with one attached hydrogen (secondary N) is 1. The van der Waals surface area contributed by atoms with Gasteiger partial charge in [-0.1, -0.05) is 6.07 Å². The number of benzene rings is 2. The third-order valence-electron chi connectivity index (χ3n) is 4.43. The first-order chi connectivity index (χ1) is 13.3. The molecule has 1 N–H and O–H groups in total. The van der Waals surface area contributed by atoms with Crippen molar-refractivity contribution in [1.29, 1.82) is 0 Å². The van der Waals surface area contributed by atoms with Gasteiger partial charge >= 0.3 is 0 Å². The molecule has 4 rings (SSSR count). The predicted octanol–water partition coefficient (Wildman–Crippen LogP) is 4.38. The van der Waals surface area contributed by atoms with Gasteiger partial charge in [-0.05, 0) is 42.8 Å². The summed E-state index contributed by atoms with van der Waals surface area (Å²) in [5.41, 5.74) is 3.30.